The van der Waals surface area contributed by atoms with Crippen molar-refractivity contribution in [3.05, 3.63) is 48.3 Å². The highest BCUT2D eigenvalue weighted by Gasteiger charge is 2.35. The molecule has 1 fully saturated rings. The van der Waals surface area contributed by atoms with E-state index in [0.29, 0.717) is 29.4 Å². The molecule has 7 nitrogen and oxygen atoms in total. The van der Waals surface area contributed by atoms with Crippen LogP contribution in [0.1, 0.15) is 27.2 Å². The molecule has 0 bridgehead atoms. The maximum absolute atomic E-state index is 14.1. The van der Waals surface area contributed by atoms with Gasteiger partial charge in [0.2, 0.25) is 0 Å². The van der Waals surface area contributed by atoms with E-state index in [1.165, 1.54) is 29.2 Å². The lowest BCUT2D eigenvalue weighted by Crippen LogP contribution is -2.43. The van der Waals surface area contributed by atoms with Gasteiger partial charge in [0, 0.05) is 25.0 Å². The second-order valence-corrected chi connectivity index (χ2v) is 9.44. The minimum absolute atomic E-state index is 0.0148. The summed E-state index contributed by atoms with van der Waals surface area (Å²) in [6.45, 7) is 8.63. The number of hydrogen-bond donors (Lipinski definition) is 2. The van der Waals surface area contributed by atoms with E-state index in [-0.39, 0.29) is 28.8 Å². The lowest BCUT2D eigenvalue weighted by Gasteiger charge is -2.29. The van der Waals surface area contributed by atoms with Crippen LogP contribution < -0.4 is 4.90 Å². The highest BCUT2D eigenvalue weighted by atomic mass is 19.1. The lowest BCUT2D eigenvalue weighted by molar-refractivity contribution is 0.196. The maximum Gasteiger partial charge on any atom is 0.413 e. The van der Waals surface area contributed by atoms with Crippen LogP contribution in [0.2, 0.25) is 0 Å². The molecular formula is C24H27FN4O3. The zero-order valence-corrected chi connectivity index (χ0v) is 18.4. The van der Waals surface area contributed by atoms with Crippen molar-refractivity contribution < 1.29 is 19.4 Å². The Morgan fingerprint density at radius 1 is 1.22 bits per heavy atom. The van der Waals surface area contributed by atoms with E-state index in [1.54, 1.807) is 18.2 Å². The molecule has 0 unspecified atom stereocenters. The number of benzene rings is 2. The largest absolute Gasteiger partial charge is 0.507 e. The number of rotatable bonds is 4. The zero-order valence-electron chi connectivity index (χ0n) is 18.4. The fourth-order valence-electron chi connectivity index (χ4n) is 4.31. The lowest BCUT2D eigenvalue weighted by atomic mass is 9.96. The van der Waals surface area contributed by atoms with E-state index in [2.05, 4.69) is 35.6 Å². The third-order valence-corrected chi connectivity index (χ3v) is 5.53. The van der Waals surface area contributed by atoms with Crippen LogP contribution in [0.15, 0.2) is 42.5 Å². The minimum Gasteiger partial charge on any atom is -0.507 e. The third-order valence-electron chi connectivity index (χ3n) is 5.53. The maximum atomic E-state index is 14.1. The number of aromatic nitrogens is 2. The molecule has 2 aromatic carbocycles. The number of fused-ring (bicyclic) bond motifs is 1. The second-order valence-electron chi connectivity index (χ2n) is 9.44. The van der Waals surface area contributed by atoms with Gasteiger partial charge in [-0.15, -0.1) is 0 Å². The number of hydrogen-bond acceptors (Lipinski definition) is 5. The van der Waals surface area contributed by atoms with E-state index in [0.717, 1.165) is 13.1 Å². The number of carboxylic acid groups (broad SMARTS) is 1. The van der Waals surface area contributed by atoms with Gasteiger partial charge < -0.3 is 15.1 Å². The van der Waals surface area contributed by atoms with Crippen molar-refractivity contribution in [2.75, 3.05) is 24.5 Å². The van der Waals surface area contributed by atoms with Gasteiger partial charge in [-0.25, -0.2) is 19.2 Å². The van der Waals surface area contributed by atoms with Crippen molar-refractivity contribution in [3.63, 3.8) is 0 Å². The predicted octanol–water partition coefficient (Wildman–Crippen LogP) is 4.75. The van der Waals surface area contributed by atoms with Crippen LogP contribution in [0, 0.1) is 11.2 Å². The van der Waals surface area contributed by atoms with Crippen molar-refractivity contribution >= 4 is 22.8 Å². The minimum atomic E-state index is -1.15. The van der Waals surface area contributed by atoms with Crippen molar-refractivity contribution in [1.29, 1.82) is 0 Å². The van der Waals surface area contributed by atoms with Crippen molar-refractivity contribution in [2.24, 2.45) is 5.41 Å². The number of phenolic OH excluding ortho intramolecular Hbond substituents is 1. The average Bonchev–Trinajstić information content (AvgIpc) is 3.14. The van der Waals surface area contributed by atoms with Crippen molar-refractivity contribution in [2.45, 2.75) is 33.2 Å². The molecule has 1 saturated heterocycles. The molecule has 0 radical (unpaired) electrons. The Balaban J connectivity index is 1.82. The van der Waals surface area contributed by atoms with Crippen LogP contribution in [-0.2, 0) is 0 Å². The number of aromatic hydroxyl groups is 1. The van der Waals surface area contributed by atoms with E-state index in [9.17, 15) is 19.4 Å². The number of para-hydroxylation sites is 1. The number of likely N-dealkylation sites (tertiary alicyclic amines) is 1. The van der Waals surface area contributed by atoms with Gasteiger partial charge in [-0.3, -0.25) is 4.90 Å². The molecule has 8 heteroatoms. The summed E-state index contributed by atoms with van der Waals surface area (Å²) in [6, 6.07) is 10.3. The molecule has 1 atom stereocenters. The number of nitrogens with zero attached hydrogens (tertiary/aromatic N) is 4. The van der Waals surface area contributed by atoms with E-state index in [1.807, 2.05) is 0 Å². The summed E-state index contributed by atoms with van der Waals surface area (Å²) in [7, 11) is 0. The quantitative estimate of drug-likeness (QED) is 0.611. The first-order valence-corrected chi connectivity index (χ1v) is 10.6. The highest BCUT2D eigenvalue weighted by molar-refractivity contribution is 5.99. The van der Waals surface area contributed by atoms with Gasteiger partial charge in [-0.2, -0.15) is 0 Å². The molecule has 1 aliphatic heterocycles. The van der Waals surface area contributed by atoms with Crippen LogP contribution in [0.4, 0.5) is 15.0 Å². The standard InChI is InChI=1S/C24H27FN4O3/c1-24(2,3)14-28-11-10-16(13-28)29(23(31)32)22-18-12-15(25)8-9-19(18)26-21(27-22)17-6-4-5-7-20(17)30/h4-9,12,16,30H,10-11,13-14H2,1-3H3,(H,31,32)/t16-/m1/s1. The highest BCUT2D eigenvalue weighted by Crippen LogP contribution is 2.34. The van der Waals surface area contributed by atoms with E-state index >= 15 is 0 Å². The first kappa shape index (κ1) is 22.0. The summed E-state index contributed by atoms with van der Waals surface area (Å²) in [5, 5.41) is 20.8. The topological polar surface area (TPSA) is 89.8 Å². The second kappa shape index (κ2) is 8.35. The number of carbonyl (C=O) groups is 1. The molecule has 1 aromatic heterocycles. The van der Waals surface area contributed by atoms with Gasteiger partial charge in [0.15, 0.2) is 5.82 Å². The Morgan fingerprint density at radius 2 is 1.97 bits per heavy atom. The Kier molecular flexibility index (Phi) is 5.73. The number of anilines is 1. The van der Waals surface area contributed by atoms with E-state index < -0.39 is 11.9 Å². The van der Waals surface area contributed by atoms with Crippen molar-refractivity contribution in [3.8, 4) is 17.1 Å². The first-order valence-electron chi connectivity index (χ1n) is 10.6. The summed E-state index contributed by atoms with van der Waals surface area (Å²) in [5.74, 6) is -0.196. The van der Waals surface area contributed by atoms with Crippen LogP contribution in [0.25, 0.3) is 22.3 Å². The van der Waals surface area contributed by atoms with E-state index in [4.69, 9.17) is 0 Å². The van der Waals surface area contributed by atoms with Crippen LogP contribution in [0.5, 0.6) is 5.75 Å². The Morgan fingerprint density at radius 3 is 2.66 bits per heavy atom. The fraction of sp³-hybridized carbons (Fsp3) is 0.375. The smallest absolute Gasteiger partial charge is 0.413 e. The SMILES string of the molecule is CC(C)(C)CN1CC[C@@H](N(C(=O)O)c2nc(-c3ccccc3O)nc3ccc(F)cc23)C1. The molecule has 4 rings (SSSR count). The molecular weight excluding hydrogens is 411 g/mol. The number of amides is 1. The summed E-state index contributed by atoms with van der Waals surface area (Å²) in [5.41, 5.74) is 0.877. The molecule has 2 N–H and O–H groups in total. The summed E-state index contributed by atoms with van der Waals surface area (Å²) >= 11 is 0. The van der Waals surface area contributed by atoms with Gasteiger partial charge in [-0.1, -0.05) is 32.9 Å². The Hall–Kier alpha value is -3.26. The molecule has 1 amide bonds. The van der Waals surface area contributed by atoms with Gasteiger partial charge in [-0.05, 0) is 42.2 Å². The summed E-state index contributed by atoms with van der Waals surface area (Å²) in [6.07, 6.45) is -0.505. The Bertz CT molecular complexity index is 1160. The predicted molar refractivity (Wildman–Crippen MR) is 121 cm³/mol. The van der Waals surface area contributed by atoms with Crippen LogP contribution in [0.3, 0.4) is 0 Å². The average molecular weight is 439 g/mol. The summed E-state index contributed by atoms with van der Waals surface area (Å²) < 4.78 is 14.1. The normalized spacial score (nSPS) is 17.1. The van der Waals surface area contributed by atoms with Gasteiger partial charge in [0.1, 0.15) is 17.4 Å². The zero-order chi connectivity index (χ0) is 23.0. The molecule has 168 valence electrons. The van der Waals surface area contributed by atoms with Gasteiger partial charge in [0.05, 0.1) is 17.1 Å². The molecule has 3 aromatic rings. The molecule has 2 heterocycles. The molecule has 1 aliphatic rings. The molecule has 0 aliphatic carbocycles. The molecule has 32 heavy (non-hydrogen) atoms. The Labute approximate surface area is 186 Å². The molecule has 0 spiro atoms. The van der Waals surface area contributed by atoms with Gasteiger partial charge >= 0.3 is 6.09 Å². The van der Waals surface area contributed by atoms with Crippen LogP contribution >= 0.6 is 0 Å². The van der Waals surface area contributed by atoms with Crippen molar-refractivity contribution in [1.82, 2.24) is 14.9 Å². The monoisotopic (exact) mass is 438 g/mol. The number of phenols is 1. The first-order chi connectivity index (χ1) is 15.1. The summed E-state index contributed by atoms with van der Waals surface area (Å²) in [4.78, 5) is 24.9. The third kappa shape index (κ3) is 4.50. The fourth-order valence-corrected chi connectivity index (χ4v) is 4.31. The van der Waals surface area contributed by atoms with Crippen LogP contribution in [-0.4, -0.2) is 56.9 Å². The molecule has 0 saturated carbocycles. The number of halogens is 1. The van der Waals surface area contributed by atoms with Gasteiger partial charge in [0.25, 0.3) is 0 Å².